The molecule has 4 aromatic rings. The smallest absolute Gasteiger partial charge is 0.308 e. The Bertz CT molecular complexity index is 1130. The minimum atomic E-state index is -0.334. The first kappa shape index (κ1) is 13.5. The van der Waals surface area contributed by atoms with Gasteiger partial charge in [-0.25, -0.2) is 9.97 Å². The number of para-hydroxylation sites is 2. The standard InChI is InChI=1S/C18H16N4O2/c1-10-19-17-16(15(24-11(2)23)9-21(17)12-7-8-12)18-20-13-5-3-4-6-14(13)22(10)18/h3-6,9,12H,7-8H2,1-2H3. The summed E-state index contributed by atoms with van der Waals surface area (Å²) in [6.45, 7) is 3.40. The van der Waals surface area contributed by atoms with Crippen molar-refractivity contribution in [2.45, 2.75) is 32.7 Å². The molecule has 1 saturated carbocycles. The molecule has 1 aliphatic rings. The number of imidazole rings is 1. The van der Waals surface area contributed by atoms with Crippen LogP contribution in [0.5, 0.6) is 5.75 Å². The van der Waals surface area contributed by atoms with Crippen LogP contribution in [0.4, 0.5) is 0 Å². The number of nitrogens with zero attached hydrogens (tertiary/aromatic N) is 4. The summed E-state index contributed by atoms with van der Waals surface area (Å²) in [5, 5.41) is 0.805. The summed E-state index contributed by atoms with van der Waals surface area (Å²) >= 11 is 0. The number of ether oxygens (including phenoxy) is 1. The van der Waals surface area contributed by atoms with Crippen molar-refractivity contribution in [3.05, 3.63) is 36.3 Å². The van der Waals surface area contributed by atoms with Gasteiger partial charge >= 0.3 is 5.97 Å². The average molecular weight is 320 g/mol. The number of aromatic nitrogens is 4. The van der Waals surface area contributed by atoms with Crippen LogP contribution in [0.25, 0.3) is 27.7 Å². The van der Waals surface area contributed by atoms with Crippen molar-refractivity contribution in [2.24, 2.45) is 0 Å². The predicted octanol–water partition coefficient (Wildman–Crippen LogP) is 3.41. The van der Waals surface area contributed by atoms with Crippen LogP contribution < -0.4 is 4.74 Å². The molecule has 6 nitrogen and oxygen atoms in total. The zero-order valence-electron chi connectivity index (χ0n) is 13.5. The van der Waals surface area contributed by atoms with Gasteiger partial charge in [0.15, 0.2) is 11.4 Å². The van der Waals surface area contributed by atoms with Crippen LogP contribution in [0.15, 0.2) is 30.5 Å². The van der Waals surface area contributed by atoms with Crippen LogP contribution in [0, 0.1) is 6.92 Å². The average Bonchev–Trinajstić information content (AvgIpc) is 3.21. The van der Waals surface area contributed by atoms with E-state index in [0.29, 0.717) is 11.8 Å². The second kappa shape index (κ2) is 4.56. The molecule has 0 saturated heterocycles. The van der Waals surface area contributed by atoms with Crippen molar-refractivity contribution in [3.63, 3.8) is 0 Å². The first-order valence-corrected chi connectivity index (χ1v) is 8.10. The molecule has 120 valence electrons. The van der Waals surface area contributed by atoms with Crippen molar-refractivity contribution in [2.75, 3.05) is 0 Å². The highest BCUT2D eigenvalue weighted by atomic mass is 16.5. The number of hydrogen-bond acceptors (Lipinski definition) is 4. The molecule has 24 heavy (non-hydrogen) atoms. The fourth-order valence-corrected chi connectivity index (χ4v) is 3.40. The maximum Gasteiger partial charge on any atom is 0.308 e. The van der Waals surface area contributed by atoms with Crippen LogP contribution in [-0.4, -0.2) is 24.9 Å². The minimum absolute atomic E-state index is 0.334. The van der Waals surface area contributed by atoms with Gasteiger partial charge in [0.05, 0.1) is 11.0 Å². The van der Waals surface area contributed by atoms with E-state index in [-0.39, 0.29) is 5.97 Å². The van der Waals surface area contributed by atoms with Gasteiger partial charge in [-0.15, -0.1) is 0 Å². The van der Waals surface area contributed by atoms with E-state index in [0.717, 1.165) is 46.4 Å². The van der Waals surface area contributed by atoms with Gasteiger partial charge in [-0.3, -0.25) is 9.20 Å². The second-order valence-corrected chi connectivity index (χ2v) is 6.34. The molecule has 1 aromatic carbocycles. The van der Waals surface area contributed by atoms with Gasteiger partial charge in [-0.2, -0.15) is 0 Å². The van der Waals surface area contributed by atoms with E-state index in [1.165, 1.54) is 6.92 Å². The Balaban J connectivity index is 1.96. The number of carbonyl (C=O) groups is 1. The Morgan fingerprint density at radius 2 is 2.00 bits per heavy atom. The van der Waals surface area contributed by atoms with E-state index in [2.05, 4.69) is 4.57 Å². The molecule has 0 bridgehead atoms. The van der Waals surface area contributed by atoms with E-state index >= 15 is 0 Å². The molecule has 0 spiro atoms. The fraction of sp³-hybridized carbons (Fsp3) is 0.278. The van der Waals surface area contributed by atoms with Crippen LogP contribution in [-0.2, 0) is 4.79 Å². The lowest BCUT2D eigenvalue weighted by Gasteiger charge is -2.05. The lowest BCUT2D eigenvalue weighted by molar-refractivity contribution is -0.131. The fourth-order valence-electron chi connectivity index (χ4n) is 3.40. The van der Waals surface area contributed by atoms with Crippen LogP contribution >= 0.6 is 0 Å². The van der Waals surface area contributed by atoms with Crippen molar-refractivity contribution >= 4 is 33.7 Å². The van der Waals surface area contributed by atoms with E-state index in [1.807, 2.05) is 41.8 Å². The van der Waals surface area contributed by atoms with E-state index in [1.54, 1.807) is 0 Å². The molecular weight excluding hydrogens is 304 g/mol. The number of aryl methyl sites for hydroxylation is 1. The summed E-state index contributed by atoms with van der Waals surface area (Å²) in [4.78, 5) is 21.1. The lowest BCUT2D eigenvalue weighted by Crippen LogP contribution is -2.02. The Morgan fingerprint density at radius 1 is 1.21 bits per heavy atom. The van der Waals surface area contributed by atoms with Gasteiger partial charge < -0.3 is 9.30 Å². The molecule has 0 aliphatic heterocycles. The van der Waals surface area contributed by atoms with Gasteiger partial charge in [0, 0.05) is 19.2 Å². The van der Waals surface area contributed by atoms with Gasteiger partial charge in [0.25, 0.3) is 0 Å². The summed E-state index contributed by atoms with van der Waals surface area (Å²) < 4.78 is 9.63. The van der Waals surface area contributed by atoms with Crippen LogP contribution in [0.3, 0.4) is 0 Å². The first-order chi connectivity index (χ1) is 11.6. The van der Waals surface area contributed by atoms with Gasteiger partial charge in [-0.05, 0) is 31.9 Å². The van der Waals surface area contributed by atoms with Gasteiger partial charge in [-0.1, -0.05) is 12.1 Å². The quantitative estimate of drug-likeness (QED) is 0.531. The summed E-state index contributed by atoms with van der Waals surface area (Å²) in [7, 11) is 0. The topological polar surface area (TPSA) is 61.4 Å². The Morgan fingerprint density at radius 3 is 2.75 bits per heavy atom. The SMILES string of the molecule is CC(=O)Oc1cn(C2CC2)c2nc(C)n3c4ccccc4nc3c12. The van der Waals surface area contributed by atoms with Crippen LogP contribution in [0.1, 0.15) is 31.6 Å². The third kappa shape index (κ3) is 1.79. The highest BCUT2D eigenvalue weighted by Gasteiger charge is 2.29. The molecule has 5 rings (SSSR count). The number of esters is 1. The normalized spacial score (nSPS) is 14.8. The minimum Gasteiger partial charge on any atom is -0.424 e. The number of fused-ring (bicyclic) bond motifs is 5. The Hall–Kier alpha value is -2.89. The van der Waals surface area contributed by atoms with Crippen molar-refractivity contribution in [1.29, 1.82) is 0 Å². The molecule has 0 radical (unpaired) electrons. The van der Waals surface area contributed by atoms with Crippen LogP contribution in [0.2, 0.25) is 0 Å². The monoisotopic (exact) mass is 320 g/mol. The highest BCUT2D eigenvalue weighted by molar-refractivity contribution is 6.00. The predicted molar refractivity (Wildman–Crippen MR) is 90.3 cm³/mol. The number of rotatable bonds is 2. The molecule has 3 heterocycles. The third-order valence-corrected chi connectivity index (χ3v) is 4.54. The van der Waals surface area contributed by atoms with Crippen molar-refractivity contribution < 1.29 is 9.53 Å². The number of benzene rings is 1. The Kier molecular flexibility index (Phi) is 2.58. The second-order valence-electron chi connectivity index (χ2n) is 6.34. The summed E-state index contributed by atoms with van der Waals surface area (Å²) in [6.07, 6.45) is 4.16. The summed E-state index contributed by atoms with van der Waals surface area (Å²) in [5.74, 6) is 1.08. The van der Waals surface area contributed by atoms with E-state index < -0.39 is 0 Å². The molecule has 1 aliphatic carbocycles. The van der Waals surface area contributed by atoms with E-state index in [4.69, 9.17) is 14.7 Å². The largest absolute Gasteiger partial charge is 0.424 e. The van der Waals surface area contributed by atoms with Crippen molar-refractivity contribution in [1.82, 2.24) is 18.9 Å². The summed E-state index contributed by atoms with van der Waals surface area (Å²) in [6, 6.07) is 8.41. The molecule has 0 atom stereocenters. The highest BCUT2D eigenvalue weighted by Crippen LogP contribution is 2.42. The summed E-state index contributed by atoms with van der Waals surface area (Å²) in [5.41, 5.74) is 3.54. The maximum atomic E-state index is 11.5. The van der Waals surface area contributed by atoms with Gasteiger partial charge in [0.1, 0.15) is 16.9 Å². The maximum absolute atomic E-state index is 11.5. The first-order valence-electron chi connectivity index (χ1n) is 8.10. The zero-order chi connectivity index (χ0) is 16.4. The number of hydrogen-bond donors (Lipinski definition) is 0. The number of carbonyl (C=O) groups excluding carboxylic acids is 1. The molecule has 0 N–H and O–H groups in total. The molecule has 0 unspecified atom stereocenters. The molecular formula is C18H16N4O2. The molecule has 1 fully saturated rings. The van der Waals surface area contributed by atoms with Crippen molar-refractivity contribution in [3.8, 4) is 5.75 Å². The van der Waals surface area contributed by atoms with E-state index in [9.17, 15) is 4.79 Å². The molecule has 3 aromatic heterocycles. The third-order valence-electron chi connectivity index (χ3n) is 4.54. The Labute approximate surface area is 137 Å². The molecule has 6 heteroatoms. The van der Waals surface area contributed by atoms with Gasteiger partial charge in [0.2, 0.25) is 0 Å². The lowest BCUT2D eigenvalue weighted by atomic mass is 10.3. The molecule has 0 amide bonds. The zero-order valence-corrected chi connectivity index (χ0v) is 13.5.